The predicted octanol–water partition coefficient (Wildman–Crippen LogP) is 2.70. The summed E-state index contributed by atoms with van der Waals surface area (Å²) in [5.74, 6) is -0.0567. The Morgan fingerprint density at radius 1 is 1.03 bits per heavy atom. The van der Waals surface area contributed by atoms with E-state index in [-0.39, 0.29) is 28.5 Å². The van der Waals surface area contributed by atoms with Crippen molar-refractivity contribution in [3.05, 3.63) is 81.3 Å². The van der Waals surface area contributed by atoms with Gasteiger partial charge in [0.15, 0.2) is 5.17 Å². The van der Waals surface area contributed by atoms with Crippen LogP contribution in [0.15, 0.2) is 70.6 Å². The Morgan fingerprint density at radius 2 is 1.73 bits per heavy atom. The molecule has 0 aromatic heterocycles. The van der Waals surface area contributed by atoms with Crippen molar-refractivity contribution < 1.29 is 9.72 Å². The molecule has 2 fully saturated rings. The molecule has 3 aliphatic heterocycles. The molecule has 9 nitrogen and oxygen atoms in total. The number of thioether (sulfide) groups is 1. The third-order valence-corrected chi connectivity index (χ3v) is 7.19. The van der Waals surface area contributed by atoms with Gasteiger partial charge in [-0.2, -0.15) is 4.99 Å². The number of nitro groups is 1. The molecule has 1 amide bonds. The number of anilines is 1. The highest BCUT2D eigenvalue weighted by Crippen LogP contribution is 2.35. The second-order valence-corrected chi connectivity index (χ2v) is 9.14. The van der Waals surface area contributed by atoms with E-state index < -0.39 is 0 Å². The van der Waals surface area contributed by atoms with Gasteiger partial charge in [-0.15, -0.1) is 0 Å². The molecule has 10 heteroatoms. The molecule has 0 aliphatic carbocycles. The van der Waals surface area contributed by atoms with Crippen LogP contribution in [0.1, 0.15) is 11.6 Å². The minimum Gasteiger partial charge on any atom is -0.362 e. The first kappa shape index (κ1) is 21.6. The molecule has 2 N–H and O–H groups in total. The Kier molecular flexibility index (Phi) is 6.12. The van der Waals surface area contributed by atoms with Crippen molar-refractivity contribution in [3.8, 4) is 0 Å². The van der Waals surface area contributed by atoms with E-state index in [1.807, 2.05) is 35.2 Å². The number of hydrogen-bond donors (Lipinski definition) is 2. The van der Waals surface area contributed by atoms with Crippen molar-refractivity contribution in [3.63, 3.8) is 0 Å². The molecule has 5 rings (SSSR count). The molecule has 3 aliphatic rings. The number of nitro benzene ring substituents is 1. The van der Waals surface area contributed by atoms with E-state index in [1.165, 1.54) is 23.4 Å². The summed E-state index contributed by atoms with van der Waals surface area (Å²) in [6, 6.07) is 17.1. The standard InChI is InChI=1S/C23H24N6O3S/c30-22-20(14-17-15-24-26-21(17)16-6-2-1-3-7-16)33-23(25-22)28-12-10-27(11-13-28)18-8-4-5-9-19(18)29(31)32/h1-9,14,17,21,24,26H,10-13,15H2/b20-14-. The smallest absolute Gasteiger partial charge is 0.292 e. The summed E-state index contributed by atoms with van der Waals surface area (Å²) < 4.78 is 0. The maximum absolute atomic E-state index is 12.6. The van der Waals surface area contributed by atoms with E-state index in [9.17, 15) is 14.9 Å². The highest BCUT2D eigenvalue weighted by Gasteiger charge is 2.33. The van der Waals surface area contributed by atoms with E-state index in [0.29, 0.717) is 41.9 Å². The number of para-hydroxylation sites is 2. The Morgan fingerprint density at radius 3 is 2.48 bits per heavy atom. The summed E-state index contributed by atoms with van der Waals surface area (Å²) >= 11 is 1.42. The fourth-order valence-electron chi connectivity index (χ4n) is 4.42. The zero-order valence-electron chi connectivity index (χ0n) is 17.9. The number of carbonyl (C=O) groups is 1. The van der Waals surface area contributed by atoms with E-state index in [2.05, 4.69) is 32.9 Å². The fraction of sp³-hybridized carbons (Fsp3) is 0.304. The minimum absolute atomic E-state index is 0.0985. The highest BCUT2D eigenvalue weighted by atomic mass is 32.2. The van der Waals surface area contributed by atoms with Crippen LogP contribution < -0.4 is 15.8 Å². The molecule has 2 atom stereocenters. The molecule has 0 saturated carbocycles. The Hall–Kier alpha value is -3.21. The number of hydrogen-bond acceptors (Lipinski definition) is 8. The first-order valence-electron chi connectivity index (χ1n) is 10.9. The van der Waals surface area contributed by atoms with Crippen LogP contribution in [0.2, 0.25) is 0 Å². The van der Waals surface area contributed by atoms with Crippen molar-refractivity contribution in [2.75, 3.05) is 37.6 Å². The van der Waals surface area contributed by atoms with Gasteiger partial charge in [0.05, 0.1) is 15.9 Å². The van der Waals surface area contributed by atoms with Gasteiger partial charge in [0.2, 0.25) is 0 Å². The normalized spacial score (nSPS) is 24.4. The number of nitrogens with zero attached hydrogens (tertiary/aromatic N) is 4. The highest BCUT2D eigenvalue weighted by molar-refractivity contribution is 8.18. The molecular weight excluding hydrogens is 440 g/mol. The summed E-state index contributed by atoms with van der Waals surface area (Å²) in [5, 5.41) is 12.1. The summed E-state index contributed by atoms with van der Waals surface area (Å²) in [7, 11) is 0. The maximum Gasteiger partial charge on any atom is 0.292 e. The molecule has 2 unspecified atom stereocenters. The van der Waals surface area contributed by atoms with Crippen LogP contribution in [-0.4, -0.2) is 53.6 Å². The van der Waals surface area contributed by atoms with E-state index in [1.54, 1.807) is 12.1 Å². The Labute approximate surface area is 195 Å². The van der Waals surface area contributed by atoms with Crippen LogP contribution in [0.25, 0.3) is 0 Å². The lowest BCUT2D eigenvalue weighted by molar-refractivity contribution is -0.384. The monoisotopic (exact) mass is 464 g/mol. The number of benzene rings is 2. The summed E-state index contributed by atoms with van der Waals surface area (Å²) in [6.45, 7) is 3.30. The second kappa shape index (κ2) is 9.34. The average molecular weight is 465 g/mol. The van der Waals surface area contributed by atoms with Crippen molar-refractivity contribution in [1.82, 2.24) is 15.8 Å². The van der Waals surface area contributed by atoms with Gasteiger partial charge in [-0.25, -0.2) is 5.43 Å². The third kappa shape index (κ3) is 4.50. The number of carbonyl (C=O) groups excluding carboxylic acids is 1. The summed E-state index contributed by atoms with van der Waals surface area (Å²) in [4.78, 5) is 32.7. The zero-order chi connectivity index (χ0) is 22.8. The van der Waals surface area contributed by atoms with Gasteiger partial charge in [0.25, 0.3) is 11.6 Å². The SMILES string of the molecule is O=C1N=C(N2CCN(c3ccccc3[N+](=O)[O-])CC2)S/C1=C\C1CNNC1c1ccccc1. The van der Waals surface area contributed by atoms with E-state index in [0.717, 1.165) is 6.54 Å². The molecule has 33 heavy (non-hydrogen) atoms. The maximum atomic E-state index is 12.6. The lowest BCUT2D eigenvalue weighted by Gasteiger charge is -2.36. The summed E-state index contributed by atoms with van der Waals surface area (Å²) in [5.41, 5.74) is 8.43. The fourth-order valence-corrected chi connectivity index (χ4v) is 5.44. The molecule has 2 saturated heterocycles. The van der Waals surface area contributed by atoms with Gasteiger partial charge in [0, 0.05) is 44.7 Å². The van der Waals surface area contributed by atoms with E-state index >= 15 is 0 Å². The number of amidine groups is 1. The first-order valence-corrected chi connectivity index (χ1v) is 11.7. The third-order valence-electron chi connectivity index (χ3n) is 6.13. The molecule has 0 spiro atoms. The Balaban J connectivity index is 1.24. The first-order chi connectivity index (χ1) is 16.1. The minimum atomic E-state index is -0.343. The second-order valence-electron chi connectivity index (χ2n) is 8.13. The number of amides is 1. The molecule has 170 valence electrons. The van der Waals surface area contributed by atoms with Crippen molar-refractivity contribution >= 4 is 34.2 Å². The van der Waals surface area contributed by atoms with Gasteiger partial charge >= 0.3 is 0 Å². The van der Waals surface area contributed by atoms with Gasteiger partial charge < -0.3 is 9.80 Å². The van der Waals surface area contributed by atoms with Gasteiger partial charge in [-0.05, 0) is 23.4 Å². The lowest BCUT2D eigenvalue weighted by atomic mass is 9.94. The number of rotatable bonds is 4. The van der Waals surface area contributed by atoms with Gasteiger partial charge in [-0.3, -0.25) is 20.3 Å². The van der Waals surface area contributed by atoms with Crippen LogP contribution in [0.5, 0.6) is 0 Å². The van der Waals surface area contributed by atoms with Crippen molar-refractivity contribution in [1.29, 1.82) is 0 Å². The van der Waals surface area contributed by atoms with Gasteiger partial charge in [-0.1, -0.05) is 48.5 Å². The van der Waals surface area contributed by atoms with Crippen LogP contribution in [0, 0.1) is 16.0 Å². The van der Waals surface area contributed by atoms with Crippen LogP contribution in [0.4, 0.5) is 11.4 Å². The van der Waals surface area contributed by atoms with Crippen LogP contribution >= 0.6 is 11.8 Å². The van der Waals surface area contributed by atoms with Crippen LogP contribution in [-0.2, 0) is 4.79 Å². The molecule has 2 aromatic rings. The molecule has 2 aromatic carbocycles. The number of piperazine rings is 1. The quantitative estimate of drug-likeness (QED) is 0.405. The molecule has 0 radical (unpaired) electrons. The Bertz CT molecular complexity index is 1110. The predicted molar refractivity (Wildman–Crippen MR) is 129 cm³/mol. The number of hydrazine groups is 1. The number of aliphatic imine (C=N–C) groups is 1. The topological polar surface area (TPSA) is 103 Å². The number of nitrogens with one attached hydrogen (secondary N) is 2. The lowest BCUT2D eigenvalue weighted by Crippen LogP contribution is -2.48. The van der Waals surface area contributed by atoms with Crippen molar-refractivity contribution in [2.45, 2.75) is 6.04 Å². The summed E-state index contributed by atoms with van der Waals surface area (Å²) in [6.07, 6.45) is 2.03. The largest absolute Gasteiger partial charge is 0.362 e. The molecule has 3 heterocycles. The zero-order valence-corrected chi connectivity index (χ0v) is 18.7. The molecular formula is C23H24N6O3S. The van der Waals surface area contributed by atoms with E-state index in [4.69, 9.17) is 0 Å². The van der Waals surface area contributed by atoms with Crippen molar-refractivity contribution in [2.24, 2.45) is 10.9 Å². The molecule has 0 bridgehead atoms. The van der Waals surface area contributed by atoms with Gasteiger partial charge in [0.1, 0.15) is 5.69 Å². The average Bonchev–Trinajstić information content (AvgIpc) is 3.46. The van der Waals surface area contributed by atoms with Crippen LogP contribution in [0.3, 0.4) is 0 Å².